The van der Waals surface area contributed by atoms with Gasteiger partial charge in [-0.25, -0.2) is 8.42 Å². The molecular formula is C19H25N3O4S. The van der Waals surface area contributed by atoms with Crippen molar-refractivity contribution in [1.82, 2.24) is 10.2 Å². The van der Waals surface area contributed by atoms with Crippen LogP contribution < -0.4 is 9.62 Å². The van der Waals surface area contributed by atoms with Crippen molar-refractivity contribution in [3.05, 3.63) is 53.5 Å². The van der Waals surface area contributed by atoms with E-state index in [4.69, 9.17) is 4.42 Å². The number of carbonyl (C=O) groups excluding carboxylic acids is 1. The van der Waals surface area contributed by atoms with Crippen LogP contribution in [0.1, 0.15) is 34.1 Å². The van der Waals surface area contributed by atoms with Crippen LogP contribution in [-0.2, 0) is 16.4 Å². The maximum absolute atomic E-state index is 12.6. The molecular weight excluding hydrogens is 366 g/mol. The summed E-state index contributed by atoms with van der Waals surface area (Å²) in [6, 6.07) is 8.83. The Morgan fingerprint density at radius 3 is 2.74 bits per heavy atom. The molecule has 0 saturated heterocycles. The van der Waals surface area contributed by atoms with Gasteiger partial charge in [0, 0.05) is 18.7 Å². The van der Waals surface area contributed by atoms with Gasteiger partial charge < -0.3 is 9.73 Å². The second kappa shape index (κ2) is 7.74. The SMILES string of the molecule is CN(C)C(CNC(=O)c1ccc2c(c1)CCCN2S(C)(=O)=O)c1ccco1. The fourth-order valence-electron chi connectivity index (χ4n) is 3.36. The lowest BCUT2D eigenvalue weighted by molar-refractivity contribution is 0.0939. The molecule has 1 amide bonds. The molecule has 1 N–H and O–H groups in total. The van der Waals surface area contributed by atoms with E-state index in [0.717, 1.165) is 24.2 Å². The van der Waals surface area contributed by atoms with Crippen LogP contribution in [0.25, 0.3) is 0 Å². The molecule has 2 heterocycles. The molecule has 8 heteroatoms. The van der Waals surface area contributed by atoms with E-state index in [0.29, 0.717) is 24.3 Å². The molecule has 0 saturated carbocycles. The zero-order chi connectivity index (χ0) is 19.6. The number of sulfonamides is 1. The van der Waals surface area contributed by atoms with Gasteiger partial charge in [0.1, 0.15) is 5.76 Å². The molecule has 1 aliphatic heterocycles. The van der Waals surface area contributed by atoms with E-state index in [1.54, 1.807) is 24.5 Å². The van der Waals surface area contributed by atoms with Crippen LogP contribution in [-0.4, -0.2) is 52.7 Å². The lowest BCUT2D eigenvalue weighted by atomic mass is 10.0. The van der Waals surface area contributed by atoms with Crippen molar-refractivity contribution in [1.29, 1.82) is 0 Å². The molecule has 0 aliphatic carbocycles. The van der Waals surface area contributed by atoms with Crippen LogP contribution in [0.5, 0.6) is 0 Å². The average molecular weight is 391 g/mol. The highest BCUT2D eigenvalue weighted by atomic mass is 32.2. The van der Waals surface area contributed by atoms with Crippen LogP contribution >= 0.6 is 0 Å². The maximum atomic E-state index is 12.6. The molecule has 7 nitrogen and oxygen atoms in total. The number of likely N-dealkylation sites (N-methyl/N-ethyl adjacent to an activating group) is 1. The first-order valence-electron chi connectivity index (χ1n) is 8.86. The number of nitrogens with one attached hydrogen (secondary N) is 1. The van der Waals surface area contributed by atoms with E-state index in [2.05, 4.69) is 5.32 Å². The molecule has 1 atom stereocenters. The summed E-state index contributed by atoms with van der Waals surface area (Å²) in [7, 11) is 0.546. The first kappa shape index (κ1) is 19.4. The lowest BCUT2D eigenvalue weighted by Crippen LogP contribution is -2.35. The van der Waals surface area contributed by atoms with E-state index >= 15 is 0 Å². The number of benzene rings is 1. The summed E-state index contributed by atoms with van der Waals surface area (Å²) < 4.78 is 30.8. The second-order valence-electron chi connectivity index (χ2n) is 6.99. The zero-order valence-corrected chi connectivity index (χ0v) is 16.6. The number of amides is 1. The number of anilines is 1. The number of rotatable bonds is 6. The first-order valence-corrected chi connectivity index (χ1v) is 10.7. The third kappa shape index (κ3) is 4.33. The van der Waals surface area contributed by atoms with Gasteiger partial charge in [-0.2, -0.15) is 0 Å². The van der Waals surface area contributed by atoms with Crippen LogP contribution in [0.15, 0.2) is 41.0 Å². The molecule has 1 aromatic heterocycles. The second-order valence-corrected chi connectivity index (χ2v) is 8.89. The van der Waals surface area contributed by atoms with Gasteiger partial charge in [-0.3, -0.25) is 14.0 Å². The van der Waals surface area contributed by atoms with Crippen molar-refractivity contribution >= 4 is 21.6 Å². The van der Waals surface area contributed by atoms with Crippen molar-refractivity contribution in [3.63, 3.8) is 0 Å². The van der Waals surface area contributed by atoms with E-state index in [1.807, 2.05) is 31.1 Å². The number of hydrogen-bond acceptors (Lipinski definition) is 5. The molecule has 0 radical (unpaired) electrons. The fraction of sp³-hybridized carbons (Fsp3) is 0.421. The molecule has 1 aromatic carbocycles. The van der Waals surface area contributed by atoms with Crippen LogP contribution in [0.4, 0.5) is 5.69 Å². The smallest absolute Gasteiger partial charge is 0.251 e. The predicted octanol–water partition coefficient (Wildman–Crippen LogP) is 2.02. The van der Waals surface area contributed by atoms with Crippen molar-refractivity contribution in [2.24, 2.45) is 0 Å². The maximum Gasteiger partial charge on any atom is 0.251 e. The van der Waals surface area contributed by atoms with Crippen molar-refractivity contribution in [3.8, 4) is 0 Å². The van der Waals surface area contributed by atoms with E-state index in [1.165, 1.54) is 10.6 Å². The molecule has 2 aromatic rings. The van der Waals surface area contributed by atoms with Crippen LogP contribution in [0.3, 0.4) is 0 Å². The Hall–Kier alpha value is -2.32. The summed E-state index contributed by atoms with van der Waals surface area (Å²) in [4.78, 5) is 14.6. The Labute approximate surface area is 160 Å². The number of nitrogens with zero attached hydrogens (tertiary/aromatic N) is 2. The topological polar surface area (TPSA) is 82.9 Å². The van der Waals surface area contributed by atoms with Gasteiger partial charge in [0.15, 0.2) is 0 Å². The highest BCUT2D eigenvalue weighted by Gasteiger charge is 2.25. The van der Waals surface area contributed by atoms with E-state index in [-0.39, 0.29) is 11.9 Å². The number of furan rings is 1. The van der Waals surface area contributed by atoms with Gasteiger partial charge in [0.05, 0.1) is 24.2 Å². The summed E-state index contributed by atoms with van der Waals surface area (Å²) >= 11 is 0. The molecule has 1 unspecified atom stereocenters. The Bertz CT molecular complexity index is 907. The molecule has 0 bridgehead atoms. The van der Waals surface area contributed by atoms with Gasteiger partial charge in [-0.05, 0) is 62.8 Å². The fourth-order valence-corrected chi connectivity index (χ4v) is 4.35. The summed E-state index contributed by atoms with van der Waals surface area (Å²) in [5, 5.41) is 2.94. The molecule has 0 fully saturated rings. The lowest BCUT2D eigenvalue weighted by Gasteiger charge is -2.29. The molecule has 3 rings (SSSR count). The number of fused-ring (bicyclic) bond motifs is 1. The van der Waals surface area contributed by atoms with Gasteiger partial charge in [-0.15, -0.1) is 0 Å². The minimum Gasteiger partial charge on any atom is -0.468 e. The Morgan fingerprint density at radius 2 is 2.11 bits per heavy atom. The van der Waals surface area contributed by atoms with Crippen LogP contribution in [0, 0.1) is 0 Å². The van der Waals surface area contributed by atoms with E-state index in [9.17, 15) is 13.2 Å². The number of hydrogen-bond donors (Lipinski definition) is 1. The largest absolute Gasteiger partial charge is 0.468 e. The van der Waals surface area contributed by atoms with Gasteiger partial charge in [-0.1, -0.05) is 0 Å². The summed E-state index contributed by atoms with van der Waals surface area (Å²) in [5.74, 6) is 0.599. The quantitative estimate of drug-likeness (QED) is 0.815. The Morgan fingerprint density at radius 1 is 1.33 bits per heavy atom. The molecule has 1 aliphatic rings. The van der Waals surface area contributed by atoms with Gasteiger partial charge >= 0.3 is 0 Å². The molecule has 27 heavy (non-hydrogen) atoms. The number of aryl methyl sites for hydroxylation is 1. The predicted molar refractivity (Wildman–Crippen MR) is 104 cm³/mol. The van der Waals surface area contributed by atoms with Gasteiger partial charge in [0.2, 0.25) is 10.0 Å². The van der Waals surface area contributed by atoms with Crippen molar-refractivity contribution in [2.45, 2.75) is 18.9 Å². The minimum atomic E-state index is -3.31. The monoisotopic (exact) mass is 391 g/mol. The van der Waals surface area contributed by atoms with Crippen LogP contribution in [0.2, 0.25) is 0 Å². The number of carbonyl (C=O) groups is 1. The zero-order valence-electron chi connectivity index (χ0n) is 15.8. The molecule has 0 spiro atoms. The molecule has 146 valence electrons. The normalized spacial score (nSPS) is 15.5. The highest BCUT2D eigenvalue weighted by Crippen LogP contribution is 2.30. The Kier molecular flexibility index (Phi) is 5.57. The standard InChI is InChI=1S/C19H25N3O4S/c1-21(2)17(18-7-5-11-26-18)13-20-19(23)15-8-9-16-14(12-15)6-4-10-22(16)27(3,24)25/h5,7-9,11-12,17H,4,6,10,13H2,1-3H3,(H,20,23). The van der Waals surface area contributed by atoms with Crippen molar-refractivity contribution in [2.75, 3.05) is 37.7 Å². The third-order valence-electron chi connectivity index (χ3n) is 4.77. The van der Waals surface area contributed by atoms with E-state index < -0.39 is 10.0 Å². The van der Waals surface area contributed by atoms with Gasteiger partial charge in [0.25, 0.3) is 5.91 Å². The Balaban J connectivity index is 1.74. The minimum absolute atomic E-state index is 0.0673. The average Bonchev–Trinajstić information content (AvgIpc) is 3.14. The highest BCUT2D eigenvalue weighted by molar-refractivity contribution is 7.92. The third-order valence-corrected chi connectivity index (χ3v) is 5.95. The first-order chi connectivity index (χ1) is 12.8. The summed E-state index contributed by atoms with van der Waals surface area (Å²) in [6.45, 7) is 0.886. The summed E-state index contributed by atoms with van der Waals surface area (Å²) in [6.07, 6.45) is 4.32. The van der Waals surface area contributed by atoms with Crippen molar-refractivity contribution < 1.29 is 17.6 Å². The summed E-state index contributed by atoms with van der Waals surface area (Å²) in [5.41, 5.74) is 2.08.